The summed E-state index contributed by atoms with van der Waals surface area (Å²) in [6, 6.07) is -0.517. The number of Topliss-reactive ketones (excluding diaryl/α,β-unsaturated/α-hetero) is 1. The van der Waals surface area contributed by atoms with Crippen LogP contribution in [0.2, 0.25) is 0 Å². The van der Waals surface area contributed by atoms with Crippen LogP contribution in [0.1, 0.15) is 32.6 Å². The fourth-order valence-electron chi connectivity index (χ4n) is 5.70. The van der Waals surface area contributed by atoms with E-state index in [1.54, 1.807) is 6.92 Å². The topological polar surface area (TPSA) is 97.2 Å². The molecule has 3 atom stereocenters. The summed E-state index contributed by atoms with van der Waals surface area (Å²) in [6.45, 7) is 2.94. The molecule has 36 heavy (non-hydrogen) atoms. The molecule has 4 aliphatic rings. The van der Waals surface area contributed by atoms with Crippen molar-refractivity contribution < 1.29 is 32.2 Å². The lowest BCUT2D eigenvalue weighted by atomic mass is 9.92. The highest BCUT2D eigenvalue weighted by molar-refractivity contribution is 5.86. The van der Waals surface area contributed by atoms with Crippen molar-refractivity contribution in [1.29, 1.82) is 0 Å². The third-order valence-corrected chi connectivity index (χ3v) is 7.61. The van der Waals surface area contributed by atoms with E-state index in [0.717, 1.165) is 11.3 Å². The highest BCUT2D eigenvalue weighted by Gasteiger charge is 2.48. The first-order chi connectivity index (χ1) is 17.2. The van der Waals surface area contributed by atoms with E-state index in [1.807, 2.05) is 4.90 Å². The van der Waals surface area contributed by atoms with Gasteiger partial charge in [0.1, 0.15) is 11.9 Å². The number of nitrogens with zero attached hydrogens (tertiary/aromatic N) is 5. The molecule has 1 amide bonds. The van der Waals surface area contributed by atoms with Crippen LogP contribution >= 0.6 is 0 Å². The van der Waals surface area contributed by atoms with E-state index < -0.39 is 36.3 Å². The van der Waals surface area contributed by atoms with Crippen molar-refractivity contribution in [2.24, 2.45) is 5.92 Å². The lowest BCUT2D eigenvalue weighted by molar-refractivity contribution is -0.153. The van der Waals surface area contributed by atoms with Gasteiger partial charge in [0.2, 0.25) is 5.95 Å². The van der Waals surface area contributed by atoms with Gasteiger partial charge in [-0.05, 0) is 32.6 Å². The summed E-state index contributed by atoms with van der Waals surface area (Å²) < 4.78 is 54.0. The summed E-state index contributed by atoms with van der Waals surface area (Å²) in [5.74, 6) is -0.632. The lowest BCUT2D eigenvalue weighted by Crippen LogP contribution is -2.55. The minimum Gasteiger partial charge on any atom is -0.450 e. The lowest BCUT2D eigenvalue weighted by Gasteiger charge is -2.40. The second-order valence-corrected chi connectivity index (χ2v) is 9.80. The standard InChI is InChI=1S/C23H30F3N5O5/c1-2-35-22(34)28-6-3-14(4-7-28)17(32)12-31-18(23(24,25)26)5-8-29-20(33)10-19(27-21(29)31)30-11-16-9-15(30)13-36-16/h10,14-16,18H,2-9,11-13H2,1H3/t15?,16?,18-/m0/s1. The average Bonchev–Trinajstić information content (AvgIpc) is 3.48. The van der Waals surface area contributed by atoms with Gasteiger partial charge in [-0.3, -0.25) is 14.2 Å². The molecule has 2 bridgehead atoms. The quantitative estimate of drug-likeness (QED) is 0.588. The third-order valence-electron chi connectivity index (χ3n) is 7.61. The number of anilines is 2. The van der Waals surface area contributed by atoms with Crippen molar-refractivity contribution in [1.82, 2.24) is 14.5 Å². The first kappa shape index (κ1) is 24.8. The minimum absolute atomic E-state index is 0.0247. The summed E-state index contributed by atoms with van der Waals surface area (Å²) in [5.41, 5.74) is -0.431. The van der Waals surface area contributed by atoms with Gasteiger partial charge in [0.15, 0.2) is 5.78 Å². The van der Waals surface area contributed by atoms with Crippen LogP contribution in [0.15, 0.2) is 10.9 Å². The van der Waals surface area contributed by atoms with Crippen LogP contribution in [-0.2, 0) is 20.8 Å². The molecule has 2 unspecified atom stereocenters. The van der Waals surface area contributed by atoms with Crippen LogP contribution in [0.3, 0.4) is 0 Å². The number of ketones is 1. The first-order valence-corrected chi connectivity index (χ1v) is 12.4. The average molecular weight is 514 g/mol. The summed E-state index contributed by atoms with van der Waals surface area (Å²) in [7, 11) is 0. The van der Waals surface area contributed by atoms with E-state index >= 15 is 0 Å². The fourth-order valence-corrected chi connectivity index (χ4v) is 5.70. The molecular weight excluding hydrogens is 483 g/mol. The number of halogens is 3. The Balaban J connectivity index is 1.38. The van der Waals surface area contributed by atoms with Crippen molar-refractivity contribution >= 4 is 23.6 Å². The third kappa shape index (κ3) is 4.64. The van der Waals surface area contributed by atoms with Crippen LogP contribution in [0.4, 0.5) is 29.7 Å². The van der Waals surface area contributed by atoms with Gasteiger partial charge >= 0.3 is 12.3 Å². The van der Waals surface area contributed by atoms with Gasteiger partial charge in [0.25, 0.3) is 5.56 Å². The summed E-state index contributed by atoms with van der Waals surface area (Å²) in [5, 5.41) is 0. The Kier molecular flexibility index (Phi) is 6.60. The maximum atomic E-state index is 14.1. The number of aromatic nitrogens is 2. The normalized spacial score (nSPS) is 26.3. The Morgan fingerprint density at radius 2 is 1.94 bits per heavy atom. The summed E-state index contributed by atoms with van der Waals surface area (Å²) in [6.07, 6.45) is -3.88. The van der Waals surface area contributed by atoms with E-state index in [-0.39, 0.29) is 43.4 Å². The predicted octanol–water partition coefficient (Wildman–Crippen LogP) is 1.80. The number of morpholine rings is 1. The highest BCUT2D eigenvalue weighted by Crippen LogP contribution is 2.36. The molecule has 5 heterocycles. The van der Waals surface area contributed by atoms with E-state index in [9.17, 15) is 27.6 Å². The number of carbonyl (C=O) groups excluding carboxylic acids is 2. The van der Waals surface area contributed by atoms with Crippen LogP contribution in [-0.4, -0.2) is 90.1 Å². The Morgan fingerprint density at radius 1 is 1.19 bits per heavy atom. The Morgan fingerprint density at radius 3 is 2.56 bits per heavy atom. The number of amides is 1. The number of fused-ring (bicyclic) bond motifs is 3. The van der Waals surface area contributed by atoms with Gasteiger partial charge in [-0.2, -0.15) is 18.2 Å². The molecule has 4 aliphatic heterocycles. The van der Waals surface area contributed by atoms with Crippen molar-refractivity contribution in [2.45, 2.75) is 63.5 Å². The molecule has 198 valence electrons. The molecular formula is C23H30F3N5O5. The number of hydrogen-bond acceptors (Lipinski definition) is 8. The molecule has 13 heteroatoms. The number of rotatable bonds is 5. The summed E-state index contributed by atoms with van der Waals surface area (Å²) >= 11 is 0. The van der Waals surface area contributed by atoms with Crippen LogP contribution in [0, 0.1) is 5.92 Å². The van der Waals surface area contributed by atoms with Crippen LogP contribution < -0.4 is 15.4 Å². The van der Waals surface area contributed by atoms with E-state index in [2.05, 4.69) is 4.98 Å². The zero-order valence-electron chi connectivity index (χ0n) is 20.1. The zero-order valence-corrected chi connectivity index (χ0v) is 20.1. The smallest absolute Gasteiger partial charge is 0.409 e. The molecule has 0 aliphatic carbocycles. The van der Waals surface area contributed by atoms with Gasteiger partial charge in [-0.25, -0.2) is 4.79 Å². The Labute approximate surface area is 205 Å². The maximum Gasteiger partial charge on any atom is 0.409 e. The first-order valence-electron chi connectivity index (χ1n) is 12.4. The number of carbonyl (C=O) groups is 2. The SMILES string of the molecule is CCOC(=O)N1CCC(C(=O)CN2c3nc(N4CC5CC4CO5)cc(=O)n3CC[C@H]2C(F)(F)F)CC1. The second kappa shape index (κ2) is 9.56. The molecule has 5 rings (SSSR count). The molecule has 0 saturated carbocycles. The maximum absolute atomic E-state index is 14.1. The van der Waals surface area contributed by atoms with Gasteiger partial charge in [0.05, 0.1) is 31.9 Å². The molecule has 1 aromatic heterocycles. The molecule has 0 aromatic carbocycles. The largest absolute Gasteiger partial charge is 0.450 e. The van der Waals surface area contributed by atoms with Crippen LogP contribution in [0.5, 0.6) is 0 Å². The van der Waals surface area contributed by atoms with E-state index in [4.69, 9.17) is 9.47 Å². The van der Waals surface area contributed by atoms with Crippen molar-refractivity contribution in [2.75, 3.05) is 49.2 Å². The molecule has 0 radical (unpaired) electrons. The van der Waals surface area contributed by atoms with Gasteiger partial charge in [0, 0.05) is 38.2 Å². The molecule has 10 nitrogen and oxygen atoms in total. The van der Waals surface area contributed by atoms with E-state index in [1.165, 1.54) is 15.5 Å². The fraction of sp³-hybridized carbons (Fsp3) is 0.739. The van der Waals surface area contributed by atoms with Crippen molar-refractivity contribution in [3.8, 4) is 0 Å². The number of hydrogen-bond donors (Lipinski definition) is 0. The van der Waals surface area contributed by atoms with Crippen molar-refractivity contribution in [3.05, 3.63) is 16.4 Å². The zero-order chi connectivity index (χ0) is 25.6. The Bertz CT molecular complexity index is 1070. The van der Waals surface area contributed by atoms with Gasteiger partial charge in [-0.15, -0.1) is 0 Å². The number of likely N-dealkylation sites (tertiary alicyclic amines) is 1. The molecule has 1 aromatic rings. The molecule has 0 spiro atoms. The second-order valence-electron chi connectivity index (χ2n) is 9.80. The number of ether oxygens (including phenoxy) is 2. The molecule has 3 fully saturated rings. The Hall–Kier alpha value is -2.83. The van der Waals surface area contributed by atoms with Gasteiger partial charge < -0.3 is 24.2 Å². The monoisotopic (exact) mass is 513 g/mol. The minimum atomic E-state index is -4.59. The van der Waals surface area contributed by atoms with Crippen molar-refractivity contribution in [3.63, 3.8) is 0 Å². The number of piperidine rings is 1. The van der Waals surface area contributed by atoms with Gasteiger partial charge in [-0.1, -0.05) is 0 Å². The van der Waals surface area contributed by atoms with Crippen LogP contribution in [0.25, 0.3) is 0 Å². The highest BCUT2D eigenvalue weighted by atomic mass is 19.4. The molecule has 3 saturated heterocycles. The van der Waals surface area contributed by atoms with E-state index in [0.29, 0.717) is 44.9 Å². The summed E-state index contributed by atoms with van der Waals surface area (Å²) in [4.78, 5) is 46.9. The molecule has 0 N–H and O–H groups in total. The number of alkyl halides is 3. The predicted molar refractivity (Wildman–Crippen MR) is 122 cm³/mol.